The third kappa shape index (κ3) is 7.19. The second kappa shape index (κ2) is 10.9. The number of aliphatic imine (C=N–C) groups is 1. The Morgan fingerprint density at radius 1 is 1.17 bits per heavy atom. The number of guanidine groups is 1. The molecule has 24 heavy (non-hydrogen) atoms. The number of halogens is 1. The van der Waals surface area contributed by atoms with Gasteiger partial charge in [0.25, 0.3) is 0 Å². The van der Waals surface area contributed by atoms with Gasteiger partial charge in [0.2, 0.25) is 0 Å². The van der Waals surface area contributed by atoms with Crippen molar-refractivity contribution in [3.63, 3.8) is 0 Å². The van der Waals surface area contributed by atoms with Gasteiger partial charge in [0.05, 0.1) is 19.4 Å². The summed E-state index contributed by atoms with van der Waals surface area (Å²) in [6.07, 6.45) is 2.51. The number of hydrogen-bond acceptors (Lipinski definition) is 3. The molecule has 0 saturated heterocycles. The van der Waals surface area contributed by atoms with E-state index in [4.69, 9.17) is 9.15 Å². The molecule has 0 saturated carbocycles. The number of benzene rings is 1. The van der Waals surface area contributed by atoms with Gasteiger partial charge in [0.1, 0.15) is 5.76 Å². The molecule has 0 atom stereocenters. The average molecular weight is 394 g/mol. The quantitative estimate of drug-likeness (QED) is 0.389. The maximum absolute atomic E-state index is 5.36. The van der Waals surface area contributed by atoms with Crippen LogP contribution in [0, 0.1) is 0 Å². The van der Waals surface area contributed by atoms with Crippen LogP contribution >= 0.6 is 15.9 Å². The molecule has 1 aromatic carbocycles. The fraction of sp³-hybridized carbons (Fsp3) is 0.389. The van der Waals surface area contributed by atoms with Gasteiger partial charge in [0.15, 0.2) is 5.96 Å². The van der Waals surface area contributed by atoms with Crippen LogP contribution in [0.25, 0.3) is 0 Å². The number of furan rings is 1. The summed E-state index contributed by atoms with van der Waals surface area (Å²) in [6, 6.07) is 12.1. The molecule has 1 aromatic heterocycles. The van der Waals surface area contributed by atoms with Crippen molar-refractivity contribution >= 4 is 21.9 Å². The molecule has 2 aromatic rings. The topological polar surface area (TPSA) is 58.8 Å². The summed E-state index contributed by atoms with van der Waals surface area (Å²) in [5.41, 5.74) is 1.16. The van der Waals surface area contributed by atoms with E-state index in [9.17, 15) is 0 Å². The first-order chi connectivity index (χ1) is 11.8. The highest BCUT2D eigenvalue weighted by molar-refractivity contribution is 9.10. The van der Waals surface area contributed by atoms with Gasteiger partial charge in [-0.3, -0.25) is 0 Å². The summed E-state index contributed by atoms with van der Waals surface area (Å²) in [4.78, 5) is 4.63. The number of nitrogens with one attached hydrogen (secondary N) is 2. The highest BCUT2D eigenvalue weighted by Crippen LogP contribution is 2.11. The van der Waals surface area contributed by atoms with Crippen LogP contribution in [0.2, 0.25) is 0 Å². The zero-order chi connectivity index (χ0) is 17.0. The van der Waals surface area contributed by atoms with E-state index >= 15 is 0 Å². The molecule has 0 bridgehead atoms. The summed E-state index contributed by atoms with van der Waals surface area (Å²) in [6.45, 7) is 5.48. The zero-order valence-electron chi connectivity index (χ0n) is 13.9. The molecule has 5 nitrogen and oxygen atoms in total. The van der Waals surface area contributed by atoms with Crippen molar-refractivity contribution in [3.05, 3.63) is 58.5 Å². The lowest BCUT2D eigenvalue weighted by atomic mass is 10.2. The Kier molecular flexibility index (Phi) is 8.41. The lowest BCUT2D eigenvalue weighted by Gasteiger charge is -2.12. The van der Waals surface area contributed by atoms with Crippen molar-refractivity contribution < 1.29 is 9.15 Å². The Bertz CT molecular complexity index is 597. The summed E-state index contributed by atoms with van der Waals surface area (Å²) in [5.74, 6) is 1.74. The molecule has 0 fully saturated rings. The van der Waals surface area contributed by atoms with Crippen LogP contribution in [-0.2, 0) is 17.7 Å². The molecule has 0 unspecified atom stereocenters. The first-order valence-electron chi connectivity index (χ1n) is 8.14. The highest BCUT2D eigenvalue weighted by atomic mass is 79.9. The Morgan fingerprint density at radius 3 is 2.67 bits per heavy atom. The van der Waals surface area contributed by atoms with E-state index in [1.54, 1.807) is 6.26 Å². The predicted molar refractivity (Wildman–Crippen MR) is 100 cm³/mol. The fourth-order valence-electron chi connectivity index (χ4n) is 2.08. The van der Waals surface area contributed by atoms with E-state index in [2.05, 4.69) is 43.7 Å². The van der Waals surface area contributed by atoms with E-state index in [1.807, 2.05) is 31.2 Å². The molecule has 6 heteroatoms. The molecule has 0 aliphatic heterocycles. The van der Waals surface area contributed by atoms with Crippen molar-refractivity contribution in [3.8, 4) is 0 Å². The van der Waals surface area contributed by atoms with Crippen LogP contribution in [0.15, 0.2) is 56.5 Å². The van der Waals surface area contributed by atoms with E-state index < -0.39 is 0 Å². The Balaban J connectivity index is 1.85. The molecule has 0 spiro atoms. The first-order valence-corrected chi connectivity index (χ1v) is 8.94. The van der Waals surface area contributed by atoms with Crippen molar-refractivity contribution in [2.75, 3.05) is 26.3 Å². The Labute approximate surface area is 151 Å². The SMILES string of the molecule is CCOCCNC(=NCc1ccc(Br)cc1)NCCc1ccco1. The molecule has 0 aliphatic carbocycles. The molecular formula is C18H24BrN3O2. The highest BCUT2D eigenvalue weighted by Gasteiger charge is 2.01. The summed E-state index contributed by atoms with van der Waals surface area (Å²) in [7, 11) is 0. The van der Waals surface area contributed by atoms with E-state index in [-0.39, 0.29) is 0 Å². The second-order valence-corrected chi connectivity index (χ2v) is 6.09. The van der Waals surface area contributed by atoms with E-state index in [0.29, 0.717) is 13.2 Å². The van der Waals surface area contributed by atoms with Gasteiger partial charge in [-0.25, -0.2) is 4.99 Å². The second-order valence-electron chi connectivity index (χ2n) is 5.17. The van der Waals surface area contributed by atoms with Crippen LogP contribution in [0.3, 0.4) is 0 Å². The van der Waals surface area contributed by atoms with E-state index in [0.717, 1.165) is 47.9 Å². The minimum Gasteiger partial charge on any atom is -0.469 e. The number of hydrogen-bond donors (Lipinski definition) is 2. The molecular weight excluding hydrogens is 370 g/mol. The molecule has 0 amide bonds. The van der Waals surface area contributed by atoms with Gasteiger partial charge in [-0.1, -0.05) is 28.1 Å². The van der Waals surface area contributed by atoms with Crippen LogP contribution < -0.4 is 10.6 Å². The molecule has 1 heterocycles. The molecule has 130 valence electrons. The molecule has 2 N–H and O–H groups in total. The smallest absolute Gasteiger partial charge is 0.191 e. The van der Waals surface area contributed by atoms with Crippen molar-refractivity contribution in [1.82, 2.24) is 10.6 Å². The largest absolute Gasteiger partial charge is 0.469 e. The fourth-order valence-corrected chi connectivity index (χ4v) is 2.34. The van der Waals surface area contributed by atoms with Gasteiger partial charge in [0, 0.05) is 30.6 Å². The Morgan fingerprint density at radius 2 is 1.96 bits per heavy atom. The maximum Gasteiger partial charge on any atom is 0.191 e. The van der Waals surface area contributed by atoms with Crippen molar-refractivity contribution in [2.24, 2.45) is 4.99 Å². The van der Waals surface area contributed by atoms with Crippen LogP contribution in [0.1, 0.15) is 18.2 Å². The van der Waals surface area contributed by atoms with Gasteiger partial charge in [-0.2, -0.15) is 0 Å². The van der Waals surface area contributed by atoms with Crippen molar-refractivity contribution in [1.29, 1.82) is 0 Å². The average Bonchev–Trinajstić information content (AvgIpc) is 3.11. The number of rotatable bonds is 9. The van der Waals surface area contributed by atoms with Gasteiger partial charge in [-0.05, 0) is 36.8 Å². The van der Waals surface area contributed by atoms with E-state index in [1.165, 1.54) is 0 Å². The molecule has 0 aliphatic rings. The lowest BCUT2D eigenvalue weighted by molar-refractivity contribution is 0.152. The summed E-state index contributed by atoms with van der Waals surface area (Å²) >= 11 is 3.44. The zero-order valence-corrected chi connectivity index (χ0v) is 15.5. The summed E-state index contributed by atoms with van der Waals surface area (Å²) < 4.78 is 11.8. The number of nitrogens with zero attached hydrogens (tertiary/aromatic N) is 1. The Hall–Kier alpha value is -1.79. The van der Waals surface area contributed by atoms with Crippen LogP contribution in [0.5, 0.6) is 0 Å². The minimum atomic E-state index is 0.623. The summed E-state index contributed by atoms with van der Waals surface area (Å²) in [5, 5.41) is 6.62. The first kappa shape index (κ1) is 18.5. The standard InChI is InChI=1S/C18H24BrN3O2/c1-2-23-13-11-21-18(20-10-9-17-4-3-12-24-17)22-14-15-5-7-16(19)8-6-15/h3-8,12H,2,9-11,13-14H2,1H3,(H2,20,21,22). The maximum atomic E-state index is 5.36. The van der Waals surface area contributed by atoms with Crippen LogP contribution in [-0.4, -0.2) is 32.3 Å². The third-order valence-electron chi connectivity index (χ3n) is 3.32. The van der Waals surface area contributed by atoms with Gasteiger partial charge < -0.3 is 19.8 Å². The normalized spacial score (nSPS) is 11.5. The van der Waals surface area contributed by atoms with Crippen LogP contribution in [0.4, 0.5) is 0 Å². The van der Waals surface area contributed by atoms with Crippen molar-refractivity contribution in [2.45, 2.75) is 19.9 Å². The predicted octanol–water partition coefficient (Wildman–Crippen LogP) is 3.36. The molecule has 0 radical (unpaired) electrons. The van der Waals surface area contributed by atoms with Gasteiger partial charge >= 0.3 is 0 Å². The lowest BCUT2D eigenvalue weighted by Crippen LogP contribution is -2.40. The van der Waals surface area contributed by atoms with Gasteiger partial charge in [-0.15, -0.1) is 0 Å². The monoisotopic (exact) mass is 393 g/mol. The number of ether oxygens (including phenoxy) is 1. The third-order valence-corrected chi connectivity index (χ3v) is 3.85. The molecule has 2 rings (SSSR count). The minimum absolute atomic E-state index is 0.623.